The minimum absolute atomic E-state index is 0.251. The third-order valence-electron chi connectivity index (χ3n) is 5.37. The summed E-state index contributed by atoms with van der Waals surface area (Å²) in [6.45, 7) is 4.78. The van der Waals surface area contributed by atoms with Gasteiger partial charge in [-0.15, -0.1) is 0 Å². The molecule has 0 saturated heterocycles. The molecule has 0 saturated carbocycles. The number of thiocarbonyl (C=S) groups is 1. The fraction of sp³-hybridized carbons (Fsp3) is 0.192. The number of methoxy groups -OCH3 is 1. The van der Waals surface area contributed by atoms with Crippen LogP contribution in [0.5, 0.6) is 5.75 Å². The molecular weight excluding hydrogens is 514 g/mol. The minimum atomic E-state index is -0.298. The fourth-order valence-corrected chi connectivity index (χ4v) is 4.11. The molecule has 2 N–H and O–H groups in total. The number of fused-ring (bicyclic) bond motifs is 1. The van der Waals surface area contributed by atoms with E-state index in [0.717, 1.165) is 22.2 Å². The molecule has 1 amide bonds. The molecule has 0 aliphatic rings. The lowest BCUT2D eigenvalue weighted by molar-refractivity contribution is 0.0976. The van der Waals surface area contributed by atoms with Crippen molar-refractivity contribution in [3.8, 4) is 17.2 Å². The predicted molar refractivity (Wildman–Crippen MR) is 141 cm³/mol. The summed E-state index contributed by atoms with van der Waals surface area (Å²) in [5.41, 5.74) is 5.24. The maximum absolute atomic E-state index is 12.4. The molecule has 4 rings (SSSR count). The summed E-state index contributed by atoms with van der Waals surface area (Å²) in [5, 5.41) is 6.00. The first-order chi connectivity index (χ1) is 16.3. The molecule has 0 bridgehead atoms. The Morgan fingerprint density at radius 2 is 1.88 bits per heavy atom. The zero-order chi connectivity index (χ0) is 24.2. The number of oxazole rings is 1. The molecule has 8 heteroatoms. The second-order valence-electron chi connectivity index (χ2n) is 8.08. The van der Waals surface area contributed by atoms with Crippen LogP contribution in [-0.4, -0.2) is 23.1 Å². The van der Waals surface area contributed by atoms with Gasteiger partial charge in [-0.2, -0.15) is 0 Å². The highest BCUT2D eigenvalue weighted by atomic mass is 79.9. The minimum Gasteiger partial charge on any atom is -0.496 e. The molecule has 34 heavy (non-hydrogen) atoms. The summed E-state index contributed by atoms with van der Waals surface area (Å²) in [6, 6.07) is 19.1. The Labute approximate surface area is 211 Å². The summed E-state index contributed by atoms with van der Waals surface area (Å²) in [7, 11) is 1.57. The van der Waals surface area contributed by atoms with Gasteiger partial charge in [-0.3, -0.25) is 10.1 Å². The number of hydrogen-bond donors (Lipinski definition) is 2. The highest BCUT2D eigenvalue weighted by molar-refractivity contribution is 9.10. The van der Waals surface area contributed by atoms with Crippen LogP contribution in [0.2, 0.25) is 0 Å². The van der Waals surface area contributed by atoms with Crippen LogP contribution < -0.4 is 15.4 Å². The summed E-state index contributed by atoms with van der Waals surface area (Å²) in [5.74, 6) is 1.38. The molecule has 0 unspecified atom stereocenters. The van der Waals surface area contributed by atoms with Gasteiger partial charge in [-0.05, 0) is 87.7 Å². The molecule has 3 aromatic carbocycles. The van der Waals surface area contributed by atoms with E-state index in [0.29, 0.717) is 34.1 Å². The number of halogens is 1. The van der Waals surface area contributed by atoms with Gasteiger partial charge < -0.3 is 14.5 Å². The molecule has 0 atom stereocenters. The van der Waals surface area contributed by atoms with Crippen LogP contribution in [0.3, 0.4) is 0 Å². The zero-order valence-corrected chi connectivity index (χ0v) is 21.4. The highest BCUT2D eigenvalue weighted by Gasteiger charge is 2.12. The van der Waals surface area contributed by atoms with Crippen LogP contribution in [0.15, 0.2) is 69.6 Å². The van der Waals surface area contributed by atoms with Crippen molar-refractivity contribution in [2.24, 2.45) is 0 Å². The van der Waals surface area contributed by atoms with Gasteiger partial charge in [0.05, 0.1) is 11.6 Å². The normalized spacial score (nSPS) is 11.0. The third kappa shape index (κ3) is 5.46. The largest absolute Gasteiger partial charge is 0.496 e. The molecule has 4 aromatic rings. The van der Waals surface area contributed by atoms with Crippen molar-refractivity contribution in [3.05, 3.63) is 81.8 Å². The van der Waals surface area contributed by atoms with Gasteiger partial charge in [0.2, 0.25) is 5.89 Å². The molecule has 1 heterocycles. The van der Waals surface area contributed by atoms with E-state index in [4.69, 9.17) is 21.4 Å². The predicted octanol–water partition coefficient (Wildman–Crippen LogP) is 6.19. The Balaban J connectivity index is 1.35. The second kappa shape index (κ2) is 10.4. The van der Waals surface area contributed by atoms with Crippen molar-refractivity contribution in [2.45, 2.75) is 26.3 Å². The smallest absolute Gasteiger partial charge is 0.257 e. The van der Waals surface area contributed by atoms with Crippen molar-refractivity contribution in [1.29, 1.82) is 0 Å². The lowest BCUT2D eigenvalue weighted by Gasteiger charge is -2.11. The van der Waals surface area contributed by atoms with Crippen LogP contribution in [0.4, 0.5) is 0 Å². The Morgan fingerprint density at radius 3 is 2.56 bits per heavy atom. The van der Waals surface area contributed by atoms with Gasteiger partial charge in [0.25, 0.3) is 5.91 Å². The molecule has 6 nitrogen and oxygen atoms in total. The number of hydrogen-bond acceptors (Lipinski definition) is 5. The zero-order valence-electron chi connectivity index (χ0n) is 19.0. The number of carbonyl (C=O) groups is 1. The number of aromatic nitrogens is 1. The van der Waals surface area contributed by atoms with E-state index < -0.39 is 0 Å². The molecule has 0 fully saturated rings. The van der Waals surface area contributed by atoms with Crippen molar-refractivity contribution in [2.75, 3.05) is 7.11 Å². The standard InChI is InChI=1S/C26H24BrN3O3S/c1-15(2)18-8-11-23-21(13-18)29-25(33-23)17-6-4-16(5-7-17)14-28-26(34)30-24(31)19-9-10-22(32-3)20(27)12-19/h4-13,15H,14H2,1-3H3,(H2,28,30,31,34). The Kier molecular flexibility index (Phi) is 7.29. The molecule has 1 aromatic heterocycles. The van der Waals surface area contributed by atoms with Gasteiger partial charge in [0.15, 0.2) is 10.7 Å². The topological polar surface area (TPSA) is 76.4 Å². The molecular formula is C26H24BrN3O3S. The fourth-order valence-electron chi connectivity index (χ4n) is 3.40. The number of amides is 1. The number of carbonyl (C=O) groups excluding carboxylic acids is 1. The summed E-state index contributed by atoms with van der Waals surface area (Å²) >= 11 is 8.65. The second-order valence-corrected chi connectivity index (χ2v) is 9.35. The monoisotopic (exact) mass is 537 g/mol. The van der Waals surface area contributed by atoms with E-state index in [1.54, 1.807) is 25.3 Å². The number of benzene rings is 3. The van der Waals surface area contributed by atoms with Crippen molar-refractivity contribution < 1.29 is 13.9 Å². The lowest BCUT2D eigenvalue weighted by atomic mass is 10.0. The Morgan fingerprint density at radius 1 is 1.12 bits per heavy atom. The first-order valence-electron chi connectivity index (χ1n) is 10.8. The van der Waals surface area contributed by atoms with Crippen LogP contribution in [-0.2, 0) is 6.54 Å². The highest BCUT2D eigenvalue weighted by Crippen LogP contribution is 2.27. The van der Waals surface area contributed by atoms with E-state index in [2.05, 4.69) is 57.5 Å². The van der Waals surface area contributed by atoms with Crippen LogP contribution in [0, 0.1) is 0 Å². The van der Waals surface area contributed by atoms with Crippen molar-refractivity contribution in [3.63, 3.8) is 0 Å². The molecule has 174 valence electrons. The van der Waals surface area contributed by atoms with Gasteiger partial charge in [-0.25, -0.2) is 4.98 Å². The maximum atomic E-state index is 12.4. The Bertz CT molecular complexity index is 1350. The quantitative estimate of drug-likeness (QED) is 0.285. The number of nitrogens with zero attached hydrogens (tertiary/aromatic N) is 1. The summed E-state index contributed by atoms with van der Waals surface area (Å²) in [4.78, 5) is 17.1. The van der Waals surface area contributed by atoms with Crippen LogP contribution in [0.25, 0.3) is 22.6 Å². The average Bonchev–Trinajstić information content (AvgIpc) is 3.26. The van der Waals surface area contributed by atoms with E-state index in [-0.39, 0.29) is 11.0 Å². The van der Waals surface area contributed by atoms with E-state index in [1.807, 2.05) is 30.3 Å². The average molecular weight is 538 g/mol. The molecule has 0 aliphatic carbocycles. The first-order valence-corrected chi connectivity index (χ1v) is 12.0. The maximum Gasteiger partial charge on any atom is 0.257 e. The van der Waals surface area contributed by atoms with Gasteiger partial charge in [-0.1, -0.05) is 32.0 Å². The molecule has 0 spiro atoms. The molecule has 0 radical (unpaired) electrons. The van der Waals surface area contributed by atoms with E-state index >= 15 is 0 Å². The number of nitrogens with one attached hydrogen (secondary N) is 2. The van der Waals surface area contributed by atoms with Crippen molar-refractivity contribution in [1.82, 2.24) is 15.6 Å². The number of ether oxygens (including phenoxy) is 1. The van der Waals surface area contributed by atoms with Crippen molar-refractivity contribution >= 4 is 50.3 Å². The van der Waals surface area contributed by atoms with E-state index in [1.165, 1.54) is 5.56 Å². The van der Waals surface area contributed by atoms with Gasteiger partial charge >= 0.3 is 0 Å². The number of rotatable bonds is 6. The summed E-state index contributed by atoms with van der Waals surface area (Å²) < 4.78 is 11.8. The molecule has 0 aliphatic heterocycles. The van der Waals surface area contributed by atoms with E-state index in [9.17, 15) is 4.79 Å². The van der Waals surface area contributed by atoms with Crippen LogP contribution in [0.1, 0.15) is 41.3 Å². The SMILES string of the molecule is COc1ccc(C(=O)NC(=S)NCc2ccc(-c3nc4cc(C(C)C)ccc4o3)cc2)cc1Br. The van der Waals surface area contributed by atoms with Gasteiger partial charge in [0, 0.05) is 17.7 Å². The Hall–Kier alpha value is -3.23. The lowest BCUT2D eigenvalue weighted by Crippen LogP contribution is -2.38. The van der Waals surface area contributed by atoms with Crippen LogP contribution >= 0.6 is 28.1 Å². The first kappa shape index (κ1) is 23.9. The summed E-state index contributed by atoms with van der Waals surface area (Å²) in [6.07, 6.45) is 0. The van der Waals surface area contributed by atoms with Gasteiger partial charge in [0.1, 0.15) is 11.3 Å². The third-order valence-corrected chi connectivity index (χ3v) is 6.24.